The van der Waals surface area contributed by atoms with E-state index in [0.29, 0.717) is 12.8 Å². The molecule has 0 radical (unpaired) electrons. The molecule has 0 aromatic carbocycles. The van der Waals surface area contributed by atoms with E-state index in [1.807, 2.05) is 19.1 Å². The Kier molecular flexibility index (Phi) is 2.49. The highest BCUT2D eigenvalue weighted by molar-refractivity contribution is 6.00. The number of amides is 2. The van der Waals surface area contributed by atoms with Crippen LogP contribution in [0.3, 0.4) is 0 Å². The number of nitrogens with one attached hydrogen (secondary N) is 1. The van der Waals surface area contributed by atoms with Gasteiger partial charge in [0, 0.05) is 12.6 Å². The first-order valence-electron chi connectivity index (χ1n) is 4.93. The normalized spacial score (nSPS) is 21.3. The maximum Gasteiger partial charge on any atom is 0.235 e. The topological polar surface area (TPSA) is 59.1 Å². The van der Waals surface area contributed by atoms with Crippen LogP contribution >= 0.6 is 0 Å². The van der Waals surface area contributed by atoms with Crippen molar-refractivity contribution < 1.29 is 9.59 Å². The molecule has 1 aromatic heterocycles. The lowest BCUT2D eigenvalue weighted by molar-refractivity contribution is -0.134. The van der Waals surface area contributed by atoms with Gasteiger partial charge in [-0.3, -0.25) is 19.9 Å². The Balaban J connectivity index is 2.20. The smallest absolute Gasteiger partial charge is 0.235 e. The van der Waals surface area contributed by atoms with Crippen LogP contribution in [0.2, 0.25) is 0 Å². The van der Waals surface area contributed by atoms with Crippen molar-refractivity contribution in [3.05, 3.63) is 29.6 Å². The van der Waals surface area contributed by atoms with Crippen LogP contribution in [0.25, 0.3) is 0 Å². The minimum atomic E-state index is -0.275. The van der Waals surface area contributed by atoms with Crippen molar-refractivity contribution in [2.75, 3.05) is 0 Å². The molecule has 0 unspecified atom stereocenters. The summed E-state index contributed by atoms with van der Waals surface area (Å²) in [6.07, 6.45) is 2.69. The summed E-state index contributed by atoms with van der Waals surface area (Å²) >= 11 is 0. The molecule has 2 amide bonds. The second-order valence-corrected chi connectivity index (χ2v) is 3.76. The van der Waals surface area contributed by atoms with Crippen LogP contribution < -0.4 is 5.32 Å². The molecule has 15 heavy (non-hydrogen) atoms. The summed E-state index contributed by atoms with van der Waals surface area (Å²) in [6.45, 7) is 1.95. The van der Waals surface area contributed by atoms with Gasteiger partial charge >= 0.3 is 0 Å². The minimum Gasteiger partial charge on any atom is -0.296 e. The van der Waals surface area contributed by atoms with Crippen molar-refractivity contribution in [1.82, 2.24) is 10.3 Å². The Hall–Kier alpha value is -1.71. The highest BCUT2D eigenvalue weighted by atomic mass is 16.2. The monoisotopic (exact) mass is 204 g/mol. The Bertz CT molecular complexity index is 398. The summed E-state index contributed by atoms with van der Waals surface area (Å²) in [5, 5.41) is 2.32. The van der Waals surface area contributed by atoms with Crippen LogP contribution in [-0.4, -0.2) is 16.8 Å². The largest absolute Gasteiger partial charge is 0.296 e. The zero-order valence-corrected chi connectivity index (χ0v) is 8.49. The van der Waals surface area contributed by atoms with Crippen LogP contribution in [0, 0.1) is 6.92 Å². The predicted octanol–water partition coefficient (Wildman–Crippen LogP) is 0.910. The van der Waals surface area contributed by atoms with E-state index in [1.165, 1.54) is 0 Å². The summed E-state index contributed by atoms with van der Waals surface area (Å²) in [5.74, 6) is -0.700. The number of hydrogen-bond acceptors (Lipinski definition) is 3. The highest BCUT2D eigenvalue weighted by Gasteiger charge is 2.28. The number of imide groups is 1. The van der Waals surface area contributed by atoms with Gasteiger partial charge in [0.25, 0.3) is 0 Å². The molecular formula is C11H12N2O2. The molecule has 2 rings (SSSR count). The molecule has 78 valence electrons. The van der Waals surface area contributed by atoms with Gasteiger partial charge in [-0.15, -0.1) is 0 Å². The molecule has 1 aliphatic heterocycles. The fourth-order valence-corrected chi connectivity index (χ4v) is 1.66. The van der Waals surface area contributed by atoms with Crippen molar-refractivity contribution in [2.45, 2.75) is 25.7 Å². The Labute approximate surface area is 87.7 Å². The number of carbonyl (C=O) groups excluding carboxylic acids is 2. The van der Waals surface area contributed by atoms with Gasteiger partial charge in [0.2, 0.25) is 11.8 Å². The second-order valence-electron chi connectivity index (χ2n) is 3.76. The van der Waals surface area contributed by atoms with Gasteiger partial charge in [-0.2, -0.15) is 0 Å². The Morgan fingerprint density at radius 3 is 2.80 bits per heavy atom. The summed E-state index contributed by atoms with van der Waals surface area (Å²) in [7, 11) is 0. The van der Waals surface area contributed by atoms with E-state index in [-0.39, 0.29) is 17.7 Å². The first kappa shape index (κ1) is 9.83. The zero-order valence-electron chi connectivity index (χ0n) is 8.49. The van der Waals surface area contributed by atoms with Gasteiger partial charge in [0.1, 0.15) is 0 Å². The quantitative estimate of drug-likeness (QED) is 0.692. The Morgan fingerprint density at radius 1 is 1.40 bits per heavy atom. The standard InChI is InChI=1S/C11H12N2O2/c1-7-2-4-9(12-6-7)8-3-5-10(14)13-11(8)15/h2,4,6,8H,3,5H2,1H3,(H,13,14,15)/t8-/m1/s1. The first-order valence-corrected chi connectivity index (χ1v) is 4.93. The van der Waals surface area contributed by atoms with Crippen LogP contribution in [0.1, 0.15) is 30.0 Å². The van der Waals surface area contributed by atoms with Gasteiger partial charge in [-0.05, 0) is 25.0 Å². The van der Waals surface area contributed by atoms with E-state index in [9.17, 15) is 9.59 Å². The maximum atomic E-state index is 11.5. The van der Waals surface area contributed by atoms with Crippen molar-refractivity contribution >= 4 is 11.8 Å². The molecule has 0 bridgehead atoms. The van der Waals surface area contributed by atoms with Crippen LogP contribution in [0.15, 0.2) is 18.3 Å². The molecule has 4 heteroatoms. The van der Waals surface area contributed by atoms with Crippen molar-refractivity contribution in [1.29, 1.82) is 0 Å². The number of aromatic nitrogens is 1. The fourth-order valence-electron chi connectivity index (χ4n) is 1.66. The van der Waals surface area contributed by atoms with E-state index in [2.05, 4.69) is 10.3 Å². The minimum absolute atomic E-state index is 0.191. The third-order valence-electron chi connectivity index (χ3n) is 2.53. The number of piperidine rings is 1. The van der Waals surface area contributed by atoms with E-state index in [1.54, 1.807) is 6.20 Å². The molecular weight excluding hydrogens is 192 g/mol. The number of aryl methyl sites for hydroxylation is 1. The zero-order chi connectivity index (χ0) is 10.8. The summed E-state index contributed by atoms with van der Waals surface area (Å²) < 4.78 is 0. The Morgan fingerprint density at radius 2 is 2.20 bits per heavy atom. The predicted molar refractivity (Wildman–Crippen MR) is 54.1 cm³/mol. The summed E-state index contributed by atoms with van der Waals surface area (Å²) in [5.41, 5.74) is 1.80. The SMILES string of the molecule is Cc1ccc([C@H]2CCC(=O)NC2=O)nc1. The van der Waals surface area contributed by atoms with Gasteiger partial charge in [0.05, 0.1) is 11.6 Å². The van der Waals surface area contributed by atoms with Crippen molar-refractivity contribution in [3.8, 4) is 0 Å². The van der Waals surface area contributed by atoms with Crippen LogP contribution in [0.5, 0.6) is 0 Å². The van der Waals surface area contributed by atoms with E-state index in [0.717, 1.165) is 11.3 Å². The average Bonchev–Trinajstić information content (AvgIpc) is 2.20. The third-order valence-corrected chi connectivity index (χ3v) is 2.53. The number of carbonyl (C=O) groups is 2. The molecule has 0 aliphatic carbocycles. The van der Waals surface area contributed by atoms with Gasteiger partial charge in [-0.25, -0.2) is 0 Å². The molecule has 1 aliphatic rings. The highest BCUT2D eigenvalue weighted by Crippen LogP contribution is 2.22. The van der Waals surface area contributed by atoms with Crippen molar-refractivity contribution in [3.63, 3.8) is 0 Å². The average molecular weight is 204 g/mol. The second kappa shape index (κ2) is 3.81. The van der Waals surface area contributed by atoms with E-state index < -0.39 is 0 Å². The molecule has 1 aromatic rings. The number of nitrogens with zero attached hydrogens (tertiary/aromatic N) is 1. The van der Waals surface area contributed by atoms with Crippen molar-refractivity contribution in [2.24, 2.45) is 0 Å². The van der Waals surface area contributed by atoms with Crippen LogP contribution in [-0.2, 0) is 9.59 Å². The lowest BCUT2D eigenvalue weighted by Crippen LogP contribution is -2.39. The molecule has 0 spiro atoms. The molecule has 4 nitrogen and oxygen atoms in total. The number of hydrogen-bond donors (Lipinski definition) is 1. The summed E-state index contributed by atoms with van der Waals surface area (Å²) in [4.78, 5) is 26.7. The van der Waals surface area contributed by atoms with E-state index >= 15 is 0 Å². The summed E-state index contributed by atoms with van der Waals surface area (Å²) in [6, 6.07) is 3.77. The molecule has 1 saturated heterocycles. The first-order chi connectivity index (χ1) is 7.16. The number of rotatable bonds is 1. The van der Waals surface area contributed by atoms with Gasteiger partial charge < -0.3 is 0 Å². The third kappa shape index (κ3) is 2.03. The lowest BCUT2D eigenvalue weighted by Gasteiger charge is -2.20. The van der Waals surface area contributed by atoms with Crippen LogP contribution in [0.4, 0.5) is 0 Å². The van der Waals surface area contributed by atoms with Gasteiger partial charge in [0.15, 0.2) is 0 Å². The fraction of sp³-hybridized carbons (Fsp3) is 0.364. The molecule has 1 fully saturated rings. The molecule has 0 saturated carbocycles. The van der Waals surface area contributed by atoms with Gasteiger partial charge in [-0.1, -0.05) is 6.07 Å². The molecule has 1 atom stereocenters. The maximum absolute atomic E-state index is 11.5. The number of pyridine rings is 1. The molecule has 1 N–H and O–H groups in total. The lowest BCUT2D eigenvalue weighted by atomic mass is 9.94. The van der Waals surface area contributed by atoms with E-state index in [4.69, 9.17) is 0 Å². The molecule has 2 heterocycles.